The Balaban J connectivity index is 1.43. The predicted molar refractivity (Wildman–Crippen MR) is 114 cm³/mol. The van der Waals surface area contributed by atoms with Crippen LogP contribution in [0, 0.1) is 0 Å². The van der Waals surface area contributed by atoms with Gasteiger partial charge in [0.2, 0.25) is 0 Å². The number of benzene rings is 3. The quantitative estimate of drug-likeness (QED) is 0.282. The summed E-state index contributed by atoms with van der Waals surface area (Å²) in [6.07, 6.45) is 3.05. The molecule has 3 aromatic carbocycles. The molecule has 0 saturated heterocycles. The number of carbonyl (C=O) groups excluding carboxylic acids is 2. The molecule has 154 valence electrons. The van der Waals surface area contributed by atoms with Crippen LogP contribution in [0.25, 0.3) is 0 Å². The van der Waals surface area contributed by atoms with Crippen LogP contribution in [-0.4, -0.2) is 25.7 Å². The van der Waals surface area contributed by atoms with Crippen LogP contribution in [0.5, 0.6) is 11.5 Å². The van der Waals surface area contributed by atoms with Crippen molar-refractivity contribution in [3.8, 4) is 11.5 Å². The summed E-state index contributed by atoms with van der Waals surface area (Å²) in [6, 6.07) is 23.4. The molecule has 0 spiro atoms. The molecule has 0 aliphatic rings. The third-order valence-corrected chi connectivity index (χ3v) is 4.55. The van der Waals surface area contributed by atoms with Gasteiger partial charge in [0.15, 0.2) is 0 Å². The SMILES string of the molecule is COC(=O)c1ccc(OC(=O)c2ccc(OCCCCc3ccccc3)cc2)cc1. The van der Waals surface area contributed by atoms with Gasteiger partial charge in [-0.3, -0.25) is 0 Å². The first-order chi connectivity index (χ1) is 14.7. The number of esters is 2. The van der Waals surface area contributed by atoms with Gasteiger partial charge in [-0.25, -0.2) is 9.59 Å². The van der Waals surface area contributed by atoms with Crippen molar-refractivity contribution in [2.45, 2.75) is 19.3 Å². The lowest BCUT2D eigenvalue weighted by atomic mass is 10.1. The molecule has 0 bridgehead atoms. The summed E-state index contributed by atoms with van der Waals surface area (Å²) in [7, 11) is 1.31. The highest BCUT2D eigenvalue weighted by molar-refractivity contribution is 5.92. The van der Waals surface area contributed by atoms with Crippen LogP contribution in [0.3, 0.4) is 0 Å². The summed E-state index contributed by atoms with van der Waals surface area (Å²) in [4.78, 5) is 23.7. The van der Waals surface area contributed by atoms with Gasteiger partial charge in [-0.15, -0.1) is 0 Å². The summed E-state index contributed by atoms with van der Waals surface area (Å²) in [5, 5.41) is 0. The molecule has 0 fully saturated rings. The number of carbonyl (C=O) groups is 2. The second kappa shape index (κ2) is 10.8. The number of rotatable bonds is 9. The number of aryl methyl sites for hydroxylation is 1. The zero-order valence-corrected chi connectivity index (χ0v) is 16.9. The maximum atomic E-state index is 12.3. The average Bonchev–Trinajstić information content (AvgIpc) is 2.80. The molecule has 3 rings (SSSR count). The van der Waals surface area contributed by atoms with E-state index in [-0.39, 0.29) is 0 Å². The van der Waals surface area contributed by atoms with Crippen LogP contribution in [0.1, 0.15) is 39.1 Å². The topological polar surface area (TPSA) is 61.8 Å². The van der Waals surface area contributed by atoms with E-state index in [0.29, 0.717) is 29.2 Å². The van der Waals surface area contributed by atoms with E-state index in [1.807, 2.05) is 6.07 Å². The van der Waals surface area contributed by atoms with Crippen molar-refractivity contribution in [1.82, 2.24) is 0 Å². The lowest BCUT2D eigenvalue weighted by Crippen LogP contribution is -2.09. The Hall–Kier alpha value is -3.60. The van der Waals surface area contributed by atoms with Gasteiger partial charge in [0.25, 0.3) is 0 Å². The molecule has 3 aromatic rings. The van der Waals surface area contributed by atoms with Crippen molar-refractivity contribution in [1.29, 1.82) is 0 Å². The molecule has 0 unspecified atom stereocenters. The highest BCUT2D eigenvalue weighted by Gasteiger charge is 2.10. The Labute approximate surface area is 176 Å². The van der Waals surface area contributed by atoms with Crippen molar-refractivity contribution < 1.29 is 23.8 Å². The highest BCUT2D eigenvalue weighted by atomic mass is 16.5. The van der Waals surface area contributed by atoms with Gasteiger partial charge in [-0.1, -0.05) is 30.3 Å². The van der Waals surface area contributed by atoms with Crippen molar-refractivity contribution in [3.63, 3.8) is 0 Å². The highest BCUT2D eigenvalue weighted by Crippen LogP contribution is 2.17. The zero-order chi connectivity index (χ0) is 21.2. The molecular weight excluding hydrogens is 380 g/mol. The van der Waals surface area contributed by atoms with Crippen molar-refractivity contribution >= 4 is 11.9 Å². The standard InChI is InChI=1S/C25H24O5/c1-28-24(26)20-12-16-23(17-13-20)30-25(27)21-10-14-22(15-11-21)29-18-6-5-9-19-7-3-2-4-8-19/h2-4,7-8,10-17H,5-6,9,18H2,1H3. The average molecular weight is 404 g/mol. The van der Waals surface area contributed by atoms with Crippen LogP contribution >= 0.6 is 0 Å². The Kier molecular flexibility index (Phi) is 7.61. The summed E-state index contributed by atoms with van der Waals surface area (Å²) in [6.45, 7) is 0.628. The minimum absolute atomic E-state index is 0.353. The number of methoxy groups -OCH3 is 1. The lowest BCUT2D eigenvalue weighted by molar-refractivity contribution is 0.0600. The number of hydrogen-bond acceptors (Lipinski definition) is 5. The fourth-order valence-corrected chi connectivity index (χ4v) is 2.90. The summed E-state index contributed by atoms with van der Waals surface area (Å²) in [5.41, 5.74) is 2.14. The molecule has 0 atom stereocenters. The maximum Gasteiger partial charge on any atom is 0.343 e. The second-order valence-electron chi connectivity index (χ2n) is 6.72. The van der Waals surface area contributed by atoms with E-state index in [2.05, 4.69) is 29.0 Å². The van der Waals surface area contributed by atoms with Gasteiger partial charge >= 0.3 is 11.9 Å². The number of hydrogen-bond donors (Lipinski definition) is 0. The number of unbranched alkanes of at least 4 members (excludes halogenated alkanes) is 1. The van der Waals surface area contributed by atoms with E-state index in [1.165, 1.54) is 12.7 Å². The minimum Gasteiger partial charge on any atom is -0.494 e. The fourth-order valence-electron chi connectivity index (χ4n) is 2.90. The van der Waals surface area contributed by atoms with Gasteiger partial charge in [0, 0.05) is 0 Å². The number of ether oxygens (including phenoxy) is 3. The normalized spacial score (nSPS) is 10.3. The van der Waals surface area contributed by atoms with Gasteiger partial charge in [0.05, 0.1) is 24.8 Å². The first-order valence-electron chi connectivity index (χ1n) is 9.83. The third kappa shape index (κ3) is 6.21. The van der Waals surface area contributed by atoms with Crippen molar-refractivity contribution in [3.05, 3.63) is 95.6 Å². The summed E-state index contributed by atoms with van der Waals surface area (Å²) >= 11 is 0. The molecule has 0 radical (unpaired) electrons. The smallest absolute Gasteiger partial charge is 0.343 e. The maximum absolute atomic E-state index is 12.3. The van der Waals surface area contributed by atoms with Gasteiger partial charge < -0.3 is 14.2 Å². The molecule has 0 saturated carbocycles. The molecule has 0 N–H and O–H groups in total. The van der Waals surface area contributed by atoms with Crippen LogP contribution in [-0.2, 0) is 11.2 Å². The third-order valence-electron chi connectivity index (χ3n) is 4.55. The molecule has 30 heavy (non-hydrogen) atoms. The van der Waals surface area contributed by atoms with Gasteiger partial charge in [-0.05, 0) is 73.4 Å². The predicted octanol–water partition coefficient (Wildman–Crippen LogP) is 5.09. The molecule has 5 heteroatoms. The zero-order valence-electron chi connectivity index (χ0n) is 16.9. The van der Waals surface area contributed by atoms with Gasteiger partial charge in [0.1, 0.15) is 11.5 Å². The van der Waals surface area contributed by atoms with E-state index < -0.39 is 11.9 Å². The van der Waals surface area contributed by atoms with Crippen LogP contribution < -0.4 is 9.47 Å². The summed E-state index contributed by atoms with van der Waals surface area (Å²) < 4.78 is 15.7. The molecular formula is C25H24O5. The monoisotopic (exact) mass is 404 g/mol. The Morgan fingerprint density at radius 3 is 1.93 bits per heavy atom. The fraction of sp³-hybridized carbons (Fsp3) is 0.200. The minimum atomic E-state index is -0.477. The first-order valence-corrected chi connectivity index (χ1v) is 9.83. The van der Waals surface area contributed by atoms with E-state index >= 15 is 0 Å². The Bertz CT molecular complexity index is 947. The summed E-state index contributed by atoms with van der Waals surface area (Å²) in [5.74, 6) is 0.152. The van der Waals surface area contributed by atoms with E-state index in [9.17, 15) is 9.59 Å². The molecule has 0 aliphatic heterocycles. The lowest BCUT2D eigenvalue weighted by Gasteiger charge is -2.08. The second-order valence-corrected chi connectivity index (χ2v) is 6.72. The van der Waals surface area contributed by atoms with Crippen LogP contribution in [0.4, 0.5) is 0 Å². The Morgan fingerprint density at radius 1 is 0.700 bits per heavy atom. The van der Waals surface area contributed by atoms with Crippen molar-refractivity contribution in [2.75, 3.05) is 13.7 Å². The van der Waals surface area contributed by atoms with Gasteiger partial charge in [-0.2, -0.15) is 0 Å². The molecule has 0 aromatic heterocycles. The molecule has 0 amide bonds. The van der Waals surface area contributed by atoms with E-state index in [0.717, 1.165) is 19.3 Å². The van der Waals surface area contributed by atoms with E-state index in [1.54, 1.807) is 48.5 Å². The molecule has 0 aliphatic carbocycles. The largest absolute Gasteiger partial charge is 0.494 e. The Morgan fingerprint density at radius 2 is 1.30 bits per heavy atom. The van der Waals surface area contributed by atoms with E-state index in [4.69, 9.17) is 9.47 Å². The van der Waals surface area contributed by atoms with Crippen molar-refractivity contribution in [2.24, 2.45) is 0 Å². The first kappa shape index (κ1) is 21.1. The van der Waals surface area contributed by atoms with Crippen LogP contribution in [0.2, 0.25) is 0 Å². The molecule has 5 nitrogen and oxygen atoms in total. The molecule has 0 heterocycles. The van der Waals surface area contributed by atoms with Crippen LogP contribution in [0.15, 0.2) is 78.9 Å².